The van der Waals surface area contributed by atoms with Crippen molar-refractivity contribution >= 4 is 0 Å². The highest BCUT2D eigenvalue weighted by atomic mass is 16.7. The second-order valence-electron chi connectivity index (χ2n) is 8.13. The molecule has 4 heteroatoms. The molecule has 0 spiro atoms. The SMILES string of the molecule is CCCCCCC/C=C/C1(C)CCc2c(C)c(OCOCO)c(C)c(C)c2O1. The number of ether oxygens (including phenoxy) is 3. The summed E-state index contributed by atoms with van der Waals surface area (Å²) in [5, 5.41) is 8.80. The molecule has 0 saturated heterocycles. The van der Waals surface area contributed by atoms with Crippen LogP contribution in [0.3, 0.4) is 0 Å². The van der Waals surface area contributed by atoms with E-state index in [1.807, 2.05) is 0 Å². The van der Waals surface area contributed by atoms with Crippen LogP contribution < -0.4 is 9.47 Å². The van der Waals surface area contributed by atoms with E-state index < -0.39 is 0 Å². The zero-order valence-electron chi connectivity index (χ0n) is 18.4. The number of aliphatic hydroxyl groups excluding tert-OH is 1. The molecule has 1 unspecified atom stereocenters. The molecule has 0 bridgehead atoms. The molecule has 0 aliphatic carbocycles. The highest BCUT2D eigenvalue weighted by Crippen LogP contribution is 2.44. The summed E-state index contributed by atoms with van der Waals surface area (Å²) in [7, 11) is 0. The highest BCUT2D eigenvalue weighted by molar-refractivity contribution is 5.59. The molecular weight excluding hydrogens is 352 g/mol. The van der Waals surface area contributed by atoms with Gasteiger partial charge < -0.3 is 19.3 Å². The van der Waals surface area contributed by atoms with E-state index in [1.165, 1.54) is 37.7 Å². The second-order valence-corrected chi connectivity index (χ2v) is 8.13. The molecular formula is C24H38O4. The Kier molecular flexibility index (Phi) is 8.84. The lowest BCUT2D eigenvalue weighted by atomic mass is 9.87. The Bertz CT molecular complexity index is 665. The largest absolute Gasteiger partial charge is 0.483 e. The summed E-state index contributed by atoms with van der Waals surface area (Å²) in [5.74, 6) is 1.85. The Morgan fingerprint density at radius 1 is 1.07 bits per heavy atom. The molecule has 0 fully saturated rings. The van der Waals surface area contributed by atoms with Crippen molar-refractivity contribution in [3.8, 4) is 11.5 Å². The monoisotopic (exact) mass is 390 g/mol. The van der Waals surface area contributed by atoms with Gasteiger partial charge in [0.15, 0.2) is 6.79 Å². The summed E-state index contributed by atoms with van der Waals surface area (Å²) in [6, 6.07) is 0. The predicted molar refractivity (Wildman–Crippen MR) is 114 cm³/mol. The number of benzene rings is 1. The average molecular weight is 391 g/mol. The molecule has 1 aromatic carbocycles. The first kappa shape index (κ1) is 22.8. The number of aliphatic hydroxyl groups is 1. The van der Waals surface area contributed by atoms with Crippen LogP contribution in [0.5, 0.6) is 11.5 Å². The molecule has 1 aliphatic heterocycles. The van der Waals surface area contributed by atoms with E-state index in [2.05, 4.69) is 46.8 Å². The first-order chi connectivity index (χ1) is 13.4. The summed E-state index contributed by atoms with van der Waals surface area (Å²) in [6.07, 6.45) is 14.2. The van der Waals surface area contributed by atoms with Gasteiger partial charge in [-0.15, -0.1) is 0 Å². The van der Waals surface area contributed by atoms with Crippen LogP contribution in [0, 0.1) is 20.8 Å². The third kappa shape index (κ3) is 5.74. The number of hydrogen-bond donors (Lipinski definition) is 1. The summed E-state index contributed by atoms with van der Waals surface area (Å²) in [5.41, 5.74) is 4.29. The third-order valence-corrected chi connectivity index (χ3v) is 5.84. The summed E-state index contributed by atoms with van der Waals surface area (Å²) in [4.78, 5) is 0. The lowest BCUT2D eigenvalue weighted by Crippen LogP contribution is -2.35. The van der Waals surface area contributed by atoms with Crippen LogP contribution in [-0.4, -0.2) is 24.3 Å². The van der Waals surface area contributed by atoms with Gasteiger partial charge >= 0.3 is 0 Å². The normalized spacial score (nSPS) is 18.9. The topological polar surface area (TPSA) is 47.9 Å². The van der Waals surface area contributed by atoms with Gasteiger partial charge in [-0.1, -0.05) is 38.7 Å². The molecule has 4 nitrogen and oxygen atoms in total. The van der Waals surface area contributed by atoms with Crippen LogP contribution >= 0.6 is 0 Å². The lowest BCUT2D eigenvalue weighted by Gasteiger charge is -2.36. The van der Waals surface area contributed by atoms with Crippen molar-refractivity contribution in [3.63, 3.8) is 0 Å². The fraction of sp³-hybridized carbons (Fsp3) is 0.667. The van der Waals surface area contributed by atoms with Crippen molar-refractivity contribution < 1.29 is 19.3 Å². The zero-order valence-corrected chi connectivity index (χ0v) is 18.4. The Balaban J connectivity index is 2.07. The number of fused-ring (bicyclic) bond motifs is 1. The highest BCUT2D eigenvalue weighted by Gasteiger charge is 2.32. The first-order valence-electron chi connectivity index (χ1n) is 10.7. The number of rotatable bonds is 11. The van der Waals surface area contributed by atoms with Crippen molar-refractivity contribution in [2.75, 3.05) is 13.6 Å². The molecule has 0 amide bonds. The van der Waals surface area contributed by atoms with Crippen LogP contribution in [0.15, 0.2) is 12.2 Å². The van der Waals surface area contributed by atoms with Crippen LogP contribution in [0.2, 0.25) is 0 Å². The van der Waals surface area contributed by atoms with E-state index in [1.54, 1.807) is 0 Å². The van der Waals surface area contributed by atoms with Gasteiger partial charge in [-0.05, 0) is 76.1 Å². The van der Waals surface area contributed by atoms with Crippen molar-refractivity contribution in [1.82, 2.24) is 0 Å². The molecule has 1 atom stereocenters. The van der Waals surface area contributed by atoms with Gasteiger partial charge in [0.25, 0.3) is 0 Å². The first-order valence-corrected chi connectivity index (χ1v) is 10.7. The summed E-state index contributed by atoms with van der Waals surface area (Å²) < 4.78 is 17.2. The molecule has 28 heavy (non-hydrogen) atoms. The number of allylic oxidation sites excluding steroid dienone is 1. The maximum atomic E-state index is 8.80. The zero-order chi connectivity index (χ0) is 20.6. The summed E-state index contributed by atoms with van der Waals surface area (Å²) in [6.45, 7) is 10.4. The maximum Gasteiger partial charge on any atom is 0.191 e. The minimum Gasteiger partial charge on any atom is -0.483 e. The third-order valence-electron chi connectivity index (χ3n) is 5.84. The van der Waals surface area contributed by atoms with Gasteiger partial charge in [-0.3, -0.25) is 0 Å². The van der Waals surface area contributed by atoms with Crippen molar-refractivity contribution in [2.45, 2.75) is 91.6 Å². The molecule has 0 radical (unpaired) electrons. The molecule has 0 aromatic heterocycles. The van der Waals surface area contributed by atoms with Gasteiger partial charge in [0, 0.05) is 5.56 Å². The molecule has 2 rings (SSSR count). The van der Waals surface area contributed by atoms with Gasteiger partial charge in [0.1, 0.15) is 23.9 Å². The van der Waals surface area contributed by atoms with Gasteiger partial charge in [-0.2, -0.15) is 0 Å². The van der Waals surface area contributed by atoms with E-state index in [9.17, 15) is 0 Å². The minimum atomic E-state index is -0.339. The van der Waals surface area contributed by atoms with Crippen LogP contribution in [-0.2, 0) is 11.2 Å². The summed E-state index contributed by atoms with van der Waals surface area (Å²) >= 11 is 0. The van der Waals surface area contributed by atoms with Crippen molar-refractivity contribution in [3.05, 3.63) is 34.4 Å². The van der Waals surface area contributed by atoms with Crippen molar-refractivity contribution in [1.29, 1.82) is 0 Å². The number of hydrogen-bond acceptors (Lipinski definition) is 4. The van der Waals surface area contributed by atoms with Crippen LogP contribution in [0.4, 0.5) is 0 Å². The molecule has 0 saturated carbocycles. The van der Waals surface area contributed by atoms with Gasteiger partial charge in [-0.25, -0.2) is 0 Å². The lowest BCUT2D eigenvalue weighted by molar-refractivity contribution is -0.0658. The standard InChI is InChI=1S/C24H38O4/c1-6-7-8-9-10-11-12-14-24(5)15-13-21-20(4)22(27-17-26-16-25)18(2)19(3)23(21)28-24/h12,14,25H,6-11,13,15-17H2,1-5H3/b14-12+. The van der Waals surface area contributed by atoms with Crippen LogP contribution in [0.1, 0.15) is 81.0 Å². The van der Waals surface area contributed by atoms with E-state index in [0.717, 1.165) is 47.5 Å². The Labute approximate surface area is 170 Å². The van der Waals surface area contributed by atoms with Gasteiger partial charge in [0.05, 0.1) is 0 Å². The maximum absolute atomic E-state index is 8.80. The smallest absolute Gasteiger partial charge is 0.191 e. The average Bonchev–Trinajstić information content (AvgIpc) is 2.68. The molecule has 158 valence electrons. The quantitative estimate of drug-likeness (QED) is 0.290. The van der Waals surface area contributed by atoms with Crippen molar-refractivity contribution in [2.24, 2.45) is 0 Å². The fourth-order valence-electron chi connectivity index (χ4n) is 3.92. The predicted octanol–water partition coefficient (Wildman–Crippen LogP) is 5.91. The Morgan fingerprint density at radius 2 is 1.82 bits per heavy atom. The second kappa shape index (κ2) is 10.9. The molecule has 1 aliphatic rings. The number of unbranched alkanes of at least 4 members (excludes halogenated alkanes) is 5. The van der Waals surface area contributed by atoms with Gasteiger partial charge in [0.2, 0.25) is 0 Å². The minimum absolute atomic E-state index is 0.0516. The van der Waals surface area contributed by atoms with E-state index >= 15 is 0 Å². The van der Waals surface area contributed by atoms with E-state index in [4.69, 9.17) is 19.3 Å². The molecule has 1 aromatic rings. The van der Waals surface area contributed by atoms with E-state index in [0.29, 0.717) is 0 Å². The molecule has 1 heterocycles. The fourth-order valence-corrected chi connectivity index (χ4v) is 3.92. The molecule has 1 N–H and O–H groups in total. The van der Waals surface area contributed by atoms with Crippen LogP contribution in [0.25, 0.3) is 0 Å². The van der Waals surface area contributed by atoms with E-state index in [-0.39, 0.29) is 19.2 Å². The Hall–Kier alpha value is -1.52. The Morgan fingerprint density at radius 3 is 2.54 bits per heavy atom.